The molecule has 2 saturated heterocycles. The van der Waals surface area contributed by atoms with Crippen molar-refractivity contribution in [3.63, 3.8) is 0 Å². The third kappa shape index (κ3) is 4.17. The zero-order valence-corrected chi connectivity index (χ0v) is 12.9. The molecule has 1 saturated carbocycles. The Morgan fingerprint density at radius 1 is 1.20 bits per heavy atom. The molecule has 2 unspecified atom stereocenters. The van der Waals surface area contributed by atoms with Gasteiger partial charge in [0.1, 0.15) is 0 Å². The van der Waals surface area contributed by atoms with Crippen LogP contribution < -0.4 is 5.32 Å². The summed E-state index contributed by atoms with van der Waals surface area (Å²) in [5.74, 6) is 0. The largest absolute Gasteiger partial charge is 0.381 e. The Labute approximate surface area is 123 Å². The molecule has 116 valence electrons. The van der Waals surface area contributed by atoms with Gasteiger partial charge in [0, 0.05) is 44.3 Å². The lowest BCUT2D eigenvalue weighted by Crippen LogP contribution is -2.46. The van der Waals surface area contributed by atoms with E-state index in [1.807, 2.05) is 0 Å². The fourth-order valence-corrected chi connectivity index (χ4v) is 3.55. The fraction of sp³-hybridized carbons (Fsp3) is 1.00. The van der Waals surface area contributed by atoms with Gasteiger partial charge in [-0.25, -0.2) is 0 Å². The first kappa shape index (κ1) is 14.8. The zero-order valence-electron chi connectivity index (χ0n) is 12.9. The van der Waals surface area contributed by atoms with E-state index >= 15 is 0 Å². The van der Waals surface area contributed by atoms with Crippen LogP contribution in [0.25, 0.3) is 0 Å². The molecule has 2 atom stereocenters. The van der Waals surface area contributed by atoms with Gasteiger partial charge >= 0.3 is 0 Å². The maximum Gasteiger partial charge on any atom is 0.0701 e. The Kier molecular flexibility index (Phi) is 4.97. The lowest BCUT2D eigenvalue weighted by atomic mass is 9.86. The number of nitrogens with zero attached hydrogens (tertiary/aromatic N) is 1. The summed E-state index contributed by atoms with van der Waals surface area (Å²) < 4.78 is 11.6. The third-order valence-corrected chi connectivity index (χ3v) is 4.92. The van der Waals surface area contributed by atoms with Crippen molar-refractivity contribution in [2.75, 3.05) is 46.5 Å². The van der Waals surface area contributed by atoms with E-state index in [4.69, 9.17) is 9.47 Å². The Hall–Kier alpha value is -0.160. The first-order valence-electron chi connectivity index (χ1n) is 8.37. The van der Waals surface area contributed by atoms with Crippen LogP contribution >= 0.6 is 0 Å². The van der Waals surface area contributed by atoms with E-state index in [2.05, 4.69) is 17.3 Å². The number of likely N-dealkylation sites (N-methyl/N-ethyl adjacent to an activating group) is 1. The summed E-state index contributed by atoms with van der Waals surface area (Å²) in [4.78, 5) is 2.47. The molecule has 0 radical (unpaired) electrons. The van der Waals surface area contributed by atoms with Crippen molar-refractivity contribution in [2.45, 2.75) is 50.7 Å². The van der Waals surface area contributed by atoms with Crippen LogP contribution in [0.1, 0.15) is 38.5 Å². The SMILES string of the molecule is CN(CC1CCCCO1)CC1(CNC2CC2)CCOC1. The molecule has 2 heterocycles. The molecule has 0 spiro atoms. The van der Waals surface area contributed by atoms with Gasteiger partial charge in [-0.05, 0) is 45.6 Å². The molecule has 0 aromatic carbocycles. The molecule has 1 N–H and O–H groups in total. The van der Waals surface area contributed by atoms with Gasteiger partial charge in [-0.2, -0.15) is 0 Å². The molecule has 1 aliphatic carbocycles. The minimum atomic E-state index is 0.325. The van der Waals surface area contributed by atoms with Crippen molar-refractivity contribution in [1.29, 1.82) is 0 Å². The molecular weight excluding hydrogens is 252 g/mol. The maximum atomic E-state index is 5.87. The van der Waals surface area contributed by atoms with Crippen LogP contribution in [0.2, 0.25) is 0 Å². The topological polar surface area (TPSA) is 33.7 Å². The van der Waals surface area contributed by atoms with Gasteiger partial charge in [-0.1, -0.05) is 0 Å². The molecule has 0 aromatic rings. The molecule has 0 aromatic heterocycles. The number of hydrogen-bond acceptors (Lipinski definition) is 4. The highest BCUT2D eigenvalue weighted by molar-refractivity contribution is 4.92. The van der Waals surface area contributed by atoms with Crippen molar-refractivity contribution >= 4 is 0 Å². The predicted octanol–water partition coefficient (Wildman–Crippen LogP) is 1.65. The van der Waals surface area contributed by atoms with E-state index in [0.717, 1.165) is 45.5 Å². The van der Waals surface area contributed by atoms with Gasteiger partial charge in [-0.3, -0.25) is 0 Å². The van der Waals surface area contributed by atoms with E-state index < -0.39 is 0 Å². The summed E-state index contributed by atoms with van der Waals surface area (Å²) in [6.07, 6.45) is 8.17. The lowest BCUT2D eigenvalue weighted by Gasteiger charge is -2.35. The Bertz CT molecular complexity index is 295. The van der Waals surface area contributed by atoms with Crippen molar-refractivity contribution < 1.29 is 9.47 Å². The maximum absolute atomic E-state index is 5.87. The second-order valence-corrected chi connectivity index (χ2v) is 7.14. The molecule has 3 fully saturated rings. The Morgan fingerprint density at radius 2 is 2.10 bits per heavy atom. The number of nitrogens with one attached hydrogen (secondary N) is 1. The number of hydrogen-bond donors (Lipinski definition) is 1. The smallest absolute Gasteiger partial charge is 0.0701 e. The van der Waals surface area contributed by atoms with E-state index in [-0.39, 0.29) is 0 Å². The second-order valence-electron chi connectivity index (χ2n) is 7.14. The van der Waals surface area contributed by atoms with Gasteiger partial charge in [-0.15, -0.1) is 0 Å². The van der Waals surface area contributed by atoms with E-state index in [0.29, 0.717) is 11.5 Å². The summed E-state index contributed by atoms with van der Waals surface area (Å²) in [5, 5.41) is 3.71. The molecular formula is C16H30N2O2. The van der Waals surface area contributed by atoms with Crippen molar-refractivity contribution in [1.82, 2.24) is 10.2 Å². The highest BCUT2D eigenvalue weighted by Crippen LogP contribution is 2.31. The van der Waals surface area contributed by atoms with Crippen LogP contribution in [-0.2, 0) is 9.47 Å². The Morgan fingerprint density at radius 3 is 2.75 bits per heavy atom. The van der Waals surface area contributed by atoms with E-state index in [9.17, 15) is 0 Å². The Balaban J connectivity index is 1.46. The van der Waals surface area contributed by atoms with Crippen molar-refractivity contribution in [3.05, 3.63) is 0 Å². The molecule has 20 heavy (non-hydrogen) atoms. The van der Waals surface area contributed by atoms with Crippen LogP contribution in [0.15, 0.2) is 0 Å². The highest BCUT2D eigenvalue weighted by Gasteiger charge is 2.37. The van der Waals surface area contributed by atoms with Gasteiger partial charge in [0.15, 0.2) is 0 Å². The van der Waals surface area contributed by atoms with Crippen molar-refractivity contribution in [3.8, 4) is 0 Å². The standard InChI is InChI=1S/C16H30N2O2/c1-18(10-15-4-2-3-8-20-15)12-16(7-9-19-13-16)11-17-14-5-6-14/h14-15,17H,2-13H2,1H3. The predicted molar refractivity (Wildman–Crippen MR) is 80.0 cm³/mol. The van der Waals surface area contributed by atoms with Crippen LogP contribution in [-0.4, -0.2) is 63.5 Å². The van der Waals surface area contributed by atoms with Crippen LogP contribution in [0.5, 0.6) is 0 Å². The van der Waals surface area contributed by atoms with Crippen LogP contribution in [0.4, 0.5) is 0 Å². The summed E-state index contributed by atoms with van der Waals surface area (Å²) in [7, 11) is 2.25. The van der Waals surface area contributed by atoms with Gasteiger partial charge in [0.2, 0.25) is 0 Å². The first-order chi connectivity index (χ1) is 9.76. The van der Waals surface area contributed by atoms with Crippen LogP contribution in [0, 0.1) is 5.41 Å². The minimum absolute atomic E-state index is 0.325. The molecule has 0 amide bonds. The molecule has 4 heteroatoms. The average Bonchev–Trinajstić information content (AvgIpc) is 3.18. The third-order valence-electron chi connectivity index (χ3n) is 4.92. The minimum Gasteiger partial charge on any atom is -0.381 e. The van der Waals surface area contributed by atoms with Gasteiger partial charge in [0.05, 0.1) is 12.7 Å². The lowest BCUT2D eigenvalue weighted by molar-refractivity contribution is -0.00859. The second kappa shape index (κ2) is 6.73. The van der Waals surface area contributed by atoms with E-state index in [1.165, 1.54) is 38.5 Å². The number of rotatable bonds is 7. The molecule has 2 aliphatic heterocycles. The van der Waals surface area contributed by atoms with Crippen molar-refractivity contribution in [2.24, 2.45) is 5.41 Å². The summed E-state index contributed by atoms with van der Waals surface area (Å²) in [6.45, 7) is 6.13. The average molecular weight is 282 g/mol. The first-order valence-corrected chi connectivity index (χ1v) is 8.37. The molecule has 0 bridgehead atoms. The highest BCUT2D eigenvalue weighted by atomic mass is 16.5. The summed E-state index contributed by atoms with van der Waals surface area (Å²) >= 11 is 0. The summed E-state index contributed by atoms with van der Waals surface area (Å²) in [5.41, 5.74) is 0.325. The number of ether oxygens (including phenoxy) is 2. The monoisotopic (exact) mass is 282 g/mol. The van der Waals surface area contributed by atoms with Gasteiger partial charge < -0.3 is 19.7 Å². The summed E-state index contributed by atoms with van der Waals surface area (Å²) in [6, 6.07) is 0.791. The quantitative estimate of drug-likeness (QED) is 0.770. The molecule has 4 nitrogen and oxygen atoms in total. The van der Waals surface area contributed by atoms with Crippen LogP contribution in [0.3, 0.4) is 0 Å². The normalized spacial score (nSPS) is 34.8. The zero-order chi connectivity index (χ0) is 13.8. The molecule has 3 aliphatic rings. The van der Waals surface area contributed by atoms with E-state index in [1.54, 1.807) is 0 Å². The molecule has 3 rings (SSSR count). The fourth-order valence-electron chi connectivity index (χ4n) is 3.55. The van der Waals surface area contributed by atoms with Gasteiger partial charge in [0.25, 0.3) is 0 Å².